The van der Waals surface area contributed by atoms with Gasteiger partial charge in [0.15, 0.2) is 0 Å². The Labute approximate surface area is 86.5 Å². The van der Waals surface area contributed by atoms with Gasteiger partial charge in [-0.2, -0.15) is 0 Å². The predicted molar refractivity (Wildman–Crippen MR) is 56.2 cm³/mol. The summed E-state index contributed by atoms with van der Waals surface area (Å²) in [5.74, 6) is 0. The van der Waals surface area contributed by atoms with Crippen LogP contribution < -0.4 is 0 Å². The van der Waals surface area contributed by atoms with Gasteiger partial charge in [0.2, 0.25) is 0 Å². The molecule has 88 valence electrons. The third kappa shape index (κ3) is 17.8. The van der Waals surface area contributed by atoms with E-state index in [0.717, 1.165) is 19.4 Å². The van der Waals surface area contributed by atoms with Crippen LogP contribution in [0.1, 0.15) is 33.6 Å². The first-order valence-electron chi connectivity index (χ1n) is 5.09. The number of unbranched alkanes of at least 4 members (excludes halogenated alkanes) is 1. The van der Waals surface area contributed by atoms with Gasteiger partial charge in [0.05, 0.1) is 25.4 Å². The first kappa shape index (κ1) is 16.3. The largest absolute Gasteiger partial charge is 0.394 e. The molecule has 0 aromatic rings. The molecule has 0 aliphatic heterocycles. The standard InChI is InChI=1S/C7H16O2.C3H8O2/c1-3-4-5-9-7(2)6-8;1-3(5)2-4/h7-8H,3-6H2,1-2H3;3-5H,2H2,1H3. The molecular weight excluding hydrogens is 184 g/mol. The Bertz CT molecular complexity index is 96.1. The van der Waals surface area contributed by atoms with Gasteiger partial charge in [-0.1, -0.05) is 13.3 Å². The maximum atomic E-state index is 8.51. The first-order chi connectivity index (χ1) is 6.58. The van der Waals surface area contributed by atoms with Crippen molar-refractivity contribution in [2.75, 3.05) is 19.8 Å². The van der Waals surface area contributed by atoms with E-state index in [4.69, 9.17) is 20.1 Å². The molecule has 0 amide bonds. The molecule has 0 aliphatic carbocycles. The second-order valence-corrected chi connectivity index (χ2v) is 3.25. The van der Waals surface area contributed by atoms with Crippen molar-refractivity contribution in [3.63, 3.8) is 0 Å². The van der Waals surface area contributed by atoms with E-state index in [-0.39, 0.29) is 19.3 Å². The van der Waals surface area contributed by atoms with Crippen LogP contribution in [0.2, 0.25) is 0 Å². The van der Waals surface area contributed by atoms with Gasteiger partial charge >= 0.3 is 0 Å². The Morgan fingerprint density at radius 3 is 1.93 bits per heavy atom. The summed E-state index contributed by atoms with van der Waals surface area (Å²) in [6.45, 7) is 6.28. The number of aliphatic hydroxyl groups excluding tert-OH is 3. The van der Waals surface area contributed by atoms with Crippen molar-refractivity contribution in [3.05, 3.63) is 0 Å². The lowest BCUT2D eigenvalue weighted by atomic mass is 10.3. The quantitative estimate of drug-likeness (QED) is 0.557. The highest BCUT2D eigenvalue weighted by molar-refractivity contribution is 4.43. The maximum absolute atomic E-state index is 8.51. The Kier molecular flexibility index (Phi) is 14.9. The molecule has 0 rings (SSSR count). The Balaban J connectivity index is 0. The van der Waals surface area contributed by atoms with Gasteiger partial charge in [-0.25, -0.2) is 0 Å². The summed E-state index contributed by atoms with van der Waals surface area (Å²) in [6.07, 6.45) is 1.69. The van der Waals surface area contributed by atoms with Crippen molar-refractivity contribution in [1.82, 2.24) is 0 Å². The second-order valence-electron chi connectivity index (χ2n) is 3.25. The van der Waals surface area contributed by atoms with Crippen LogP contribution in [0.3, 0.4) is 0 Å². The molecule has 2 unspecified atom stereocenters. The van der Waals surface area contributed by atoms with E-state index in [1.807, 2.05) is 6.92 Å². The van der Waals surface area contributed by atoms with Crippen molar-refractivity contribution in [2.45, 2.75) is 45.8 Å². The van der Waals surface area contributed by atoms with Gasteiger partial charge in [-0.15, -0.1) is 0 Å². The molecule has 3 N–H and O–H groups in total. The van der Waals surface area contributed by atoms with Crippen molar-refractivity contribution in [2.24, 2.45) is 0 Å². The molecule has 14 heavy (non-hydrogen) atoms. The van der Waals surface area contributed by atoms with Crippen molar-refractivity contribution >= 4 is 0 Å². The van der Waals surface area contributed by atoms with Crippen molar-refractivity contribution in [1.29, 1.82) is 0 Å². The smallest absolute Gasteiger partial charge is 0.0777 e. The van der Waals surface area contributed by atoms with Crippen LogP contribution in [0.15, 0.2) is 0 Å². The van der Waals surface area contributed by atoms with Crippen LogP contribution >= 0.6 is 0 Å². The van der Waals surface area contributed by atoms with Crippen LogP contribution in [-0.4, -0.2) is 47.3 Å². The van der Waals surface area contributed by atoms with Crippen LogP contribution in [0, 0.1) is 0 Å². The lowest BCUT2D eigenvalue weighted by molar-refractivity contribution is 0.0237. The number of aliphatic hydroxyl groups is 3. The van der Waals surface area contributed by atoms with Crippen molar-refractivity contribution < 1.29 is 20.1 Å². The third-order valence-electron chi connectivity index (χ3n) is 1.42. The third-order valence-corrected chi connectivity index (χ3v) is 1.42. The average molecular weight is 208 g/mol. The Morgan fingerprint density at radius 1 is 1.14 bits per heavy atom. The first-order valence-corrected chi connectivity index (χ1v) is 5.09. The van der Waals surface area contributed by atoms with Crippen LogP contribution in [-0.2, 0) is 4.74 Å². The monoisotopic (exact) mass is 208 g/mol. The molecule has 4 heteroatoms. The van der Waals surface area contributed by atoms with Gasteiger partial charge in [0.1, 0.15) is 0 Å². The summed E-state index contributed by atoms with van der Waals surface area (Å²) in [7, 11) is 0. The van der Waals surface area contributed by atoms with Crippen LogP contribution in [0.25, 0.3) is 0 Å². The highest BCUT2D eigenvalue weighted by Gasteiger charge is 1.96. The minimum absolute atomic E-state index is 0.0107. The number of ether oxygens (including phenoxy) is 1. The van der Waals surface area contributed by atoms with E-state index >= 15 is 0 Å². The topological polar surface area (TPSA) is 69.9 Å². The highest BCUT2D eigenvalue weighted by atomic mass is 16.5. The predicted octanol–water partition coefficient (Wildman–Crippen LogP) is 0.543. The lowest BCUT2D eigenvalue weighted by Gasteiger charge is -2.07. The van der Waals surface area contributed by atoms with E-state index in [9.17, 15) is 0 Å². The van der Waals surface area contributed by atoms with E-state index in [1.165, 1.54) is 6.92 Å². The minimum Gasteiger partial charge on any atom is -0.394 e. The molecule has 4 nitrogen and oxygen atoms in total. The fraction of sp³-hybridized carbons (Fsp3) is 1.00. The highest BCUT2D eigenvalue weighted by Crippen LogP contribution is 1.92. The van der Waals surface area contributed by atoms with Crippen LogP contribution in [0.5, 0.6) is 0 Å². The number of hydrogen-bond acceptors (Lipinski definition) is 4. The lowest BCUT2D eigenvalue weighted by Crippen LogP contribution is -2.13. The van der Waals surface area contributed by atoms with Gasteiger partial charge in [0, 0.05) is 6.61 Å². The van der Waals surface area contributed by atoms with Gasteiger partial charge in [-0.05, 0) is 20.3 Å². The second kappa shape index (κ2) is 12.8. The molecule has 0 spiro atoms. The molecule has 0 bridgehead atoms. The van der Waals surface area contributed by atoms with Gasteiger partial charge < -0.3 is 20.1 Å². The molecule has 0 radical (unpaired) electrons. The summed E-state index contributed by atoms with van der Waals surface area (Å²) in [4.78, 5) is 0. The molecule has 0 saturated carbocycles. The summed E-state index contributed by atoms with van der Waals surface area (Å²) in [5.41, 5.74) is 0. The minimum atomic E-state index is -0.560. The Morgan fingerprint density at radius 2 is 1.64 bits per heavy atom. The van der Waals surface area contributed by atoms with E-state index < -0.39 is 6.10 Å². The zero-order chi connectivity index (χ0) is 11.4. The Hall–Kier alpha value is -0.160. The zero-order valence-corrected chi connectivity index (χ0v) is 9.44. The molecule has 0 aromatic heterocycles. The normalized spacial score (nSPS) is 14.1. The summed E-state index contributed by atoms with van der Waals surface area (Å²) < 4.78 is 5.18. The molecule has 0 saturated heterocycles. The molecule has 0 aliphatic rings. The summed E-state index contributed by atoms with van der Waals surface area (Å²) >= 11 is 0. The number of hydrogen-bond donors (Lipinski definition) is 3. The zero-order valence-electron chi connectivity index (χ0n) is 9.44. The molecule has 0 heterocycles. The average Bonchev–Trinajstić information content (AvgIpc) is 2.19. The van der Waals surface area contributed by atoms with E-state index in [1.54, 1.807) is 0 Å². The van der Waals surface area contributed by atoms with Crippen LogP contribution in [0.4, 0.5) is 0 Å². The van der Waals surface area contributed by atoms with Gasteiger partial charge in [-0.3, -0.25) is 0 Å². The summed E-state index contributed by atoms with van der Waals surface area (Å²) in [5, 5.41) is 24.5. The molecular formula is C10H24O4. The molecule has 0 fully saturated rings. The molecule has 2 atom stereocenters. The number of rotatable bonds is 6. The van der Waals surface area contributed by atoms with Crippen molar-refractivity contribution in [3.8, 4) is 0 Å². The molecule has 0 aromatic carbocycles. The van der Waals surface area contributed by atoms with E-state index in [2.05, 4.69) is 6.92 Å². The fourth-order valence-corrected chi connectivity index (χ4v) is 0.482. The fourth-order valence-electron chi connectivity index (χ4n) is 0.482. The maximum Gasteiger partial charge on any atom is 0.0777 e. The van der Waals surface area contributed by atoms with E-state index in [0.29, 0.717) is 0 Å². The van der Waals surface area contributed by atoms with Gasteiger partial charge in [0.25, 0.3) is 0 Å². The summed E-state index contributed by atoms with van der Waals surface area (Å²) in [6, 6.07) is 0. The SMILES string of the molecule is CC(O)CO.CCCCOC(C)CO.